The highest BCUT2D eigenvalue weighted by Crippen LogP contribution is 2.33. The van der Waals surface area contributed by atoms with Gasteiger partial charge < -0.3 is 10.2 Å². The number of anilines is 1. The van der Waals surface area contributed by atoms with Crippen LogP contribution in [0.15, 0.2) is 18.2 Å². The van der Waals surface area contributed by atoms with Crippen molar-refractivity contribution in [2.45, 2.75) is 0 Å². The van der Waals surface area contributed by atoms with Crippen LogP contribution in [0, 0.1) is 10.1 Å². The van der Waals surface area contributed by atoms with E-state index in [0.717, 1.165) is 0 Å². The molecule has 0 saturated heterocycles. The Morgan fingerprint density at radius 2 is 2.21 bits per heavy atom. The van der Waals surface area contributed by atoms with Crippen molar-refractivity contribution in [2.75, 3.05) is 12.5 Å². The van der Waals surface area contributed by atoms with Gasteiger partial charge in [-0.15, -0.1) is 17.0 Å². The Hall–Kier alpha value is -1.34. The average molecular weight is 264 g/mol. The predicted octanol–water partition coefficient (Wildman–Crippen LogP) is 1.47. The molecule has 0 fully saturated rings. The molecule has 0 unspecified atom stereocenters. The summed E-state index contributed by atoms with van der Waals surface area (Å²) in [5.74, 6) is 5.28. The molecule has 0 bridgehead atoms. The summed E-state index contributed by atoms with van der Waals surface area (Å²) in [6, 6.07) is 4.46. The van der Waals surface area contributed by atoms with Gasteiger partial charge in [0, 0.05) is 6.07 Å². The molecule has 0 spiro atoms. The van der Waals surface area contributed by atoms with Crippen LogP contribution in [0.1, 0.15) is 0 Å². The van der Waals surface area contributed by atoms with E-state index >= 15 is 0 Å². The van der Waals surface area contributed by atoms with E-state index in [4.69, 9.17) is 10.6 Å². The number of nitrogen functional groups attached to an aromatic ring is 1. The molecule has 0 aliphatic carbocycles. The third kappa shape index (κ3) is 2.33. The number of hydrogen-bond donors (Lipinski definition) is 2. The SMILES string of the molecule is Br.COc1c(NN)cccc1[N+](=O)[O-]. The van der Waals surface area contributed by atoms with Crippen molar-refractivity contribution in [3.05, 3.63) is 28.3 Å². The number of nitrogens with zero attached hydrogens (tertiary/aromatic N) is 1. The summed E-state index contributed by atoms with van der Waals surface area (Å²) in [5, 5.41) is 10.5. The van der Waals surface area contributed by atoms with Crippen molar-refractivity contribution in [3.63, 3.8) is 0 Å². The molecule has 0 saturated carbocycles. The van der Waals surface area contributed by atoms with Gasteiger partial charge in [-0.1, -0.05) is 6.07 Å². The lowest BCUT2D eigenvalue weighted by atomic mass is 10.2. The molecule has 1 aromatic rings. The maximum atomic E-state index is 10.5. The van der Waals surface area contributed by atoms with Gasteiger partial charge in [-0.25, -0.2) is 0 Å². The minimum absolute atomic E-state index is 0. The molecule has 0 aliphatic heterocycles. The van der Waals surface area contributed by atoms with Crippen LogP contribution in [0.4, 0.5) is 11.4 Å². The number of methoxy groups -OCH3 is 1. The second-order valence-corrected chi connectivity index (χ2v) is 2.26. The fourth-order valence-electron chi connectivity index (χ4n) is 0.997. The number of hydrazine groups is 1. The summed E-state index contributed by atoms with van der Waals surface area (Å²) in [7, 11) is 1.35. The van der Waals surface area contributed by atoms with Crippen LogP contribution >= 0.6 is 17.0 Å². The second-order valence-electron chi connectivity index (χ2n) is 2.26. The van der Waals surface area contributed by atoms with Crippen LogP contribution in [0.25, 0.3) is 0 Å². The number of benzene rings is 1. The van der Waals surface area contributed by atoms with Crippen molar-refractivity contribution in [3.8, 4) is 5.75 Å². The first-order chi connectivity index (χ1) is 6.20. The molecule has 0 amide bonds. The van der Waals surface area contributed by atoms with Gasteiger partial charge in [0.2, 0.25) is 5.75 Å². The Bertz CT molecular complexity index is 332. The molecule has 0 aliphatic rings. The molecule has 78 valence electrons. The molecule has 6 nitrogen and oxygen atoms in total. The number of hydrogen-bond acceptors (Lipinski definition) is 5. The van der Waals surface area contributed by atoms with Crippen LogP contribution in [0.3, 0.4) is 0 Å². The summed E-state index contributed by atoms with van der Waals surface area (Å²) in [4.78, 5) is 9.98. The largest absolute Gasteiger partial charge is 0.489 e. The maximum Gasteiger partial charge on any atom is 0.313 e. The number of halogens is 1. The Labute approximate surface area is 90.9 Å². The monoisotopic (exact) mass is 263 g/mol. The van der Waals surface area contributed by atoms with E-state index in [0.29, 0.717) is 5.69 Å². The number of ether oxygens (including phenoxy) is 1. The fraction of sp³-hybridized carbons (Fsp3) is 0.143. The first kappa shape index (κ1) is 12.7. The summed E-state index contributed by atoms with van der Waals surface area (Å²) in [6.07, 6.45) is 0. The van der Waals surface area contributed by atoms with Crippen LogP contribution in [-0.2, 0) is 0 Å². The number of nitrogens with two attached hydrogens (primary N) is 1. The molecule has 0 heterocycles. The van der Waals surface area contributed by atoms with Gasteiger partial charge >= 0.3 is 5.69 Å². The number of para-hydroxylation sites is 1. The van der Waals surface area contributed by atoms with Gasteiger partial charge in [0.1, 0.15) is 0 Å². The van der Waals surface area contributed by atoms with E-state index in [9.17, 15) is 10.1 Å². The molecule has 0 aromatic heterocycles. The van der Waals surface area contributed by atoms with Crippen LogP contribution in [-0.4, -0.2) is 12.0 Å². The number of nitro benzene ring substituents is 1. The first-order valence-electron chi connectivity index (χ1n) is 3.48. The van der Waals surface area contributed by atoms with Gasteiger partial charge in [-0.2, -0.15) is 0 Å². The predicted molar refractivity (Wildman–Crippen MR) is 57.8 cm³/mol. The lowest BCUT2D eigenvalue weighted by Crippen LogP contribution is -2.08. The van der Waals surface area contributed by atoms with E-state index in [-0.39, 0.29) is 28.4 Å². The quantitative estimate of drug-likeness (QED) is 0.490. The summed E-state index contributed by atoms with van der Waals surface area (Å²) in [6.45, 7) is 0. The molecule has 3 N–H and O–H groups in total. The van der Waals surface area contributed by atoms with Gasteiger partial charge in [0.25, 0.3) is 0 Å². The van der Waals surface area contributed by atoms with Crippen molar-refractivity contribution in [1.82, 2.24) is 0 Å². The zero-order valence-corrected chi connectivity index (χ0v) is 9.10. The van der Waals surface area contributed by atoms with Gasteiger partial charge in [0.15, 0.2) is 0 Å². The summed E-state index contributed by atoms with van der Waals surface area (Å²) < 4.78 is 4.84. The number of rotatable bonds is 3. The normalized spacial score (nSPS) is 8.71. The van der Waals surface area contributed by atoms with Gasteiger partial charge in [-0.3, -0.25) is 16.0 Å². The standard InChI is InChI=1S/C7H9N3O3.BrH/c1-13-7-5(9-8)3-2-4-6(7)10(11)12;/h2-4,9H,8H2,1H3;1H. The highest BCUT2D eigenvalue weighted by molar-refractivity contribution is 8.93. The van der Waals surface area contributed by atoms with Crippen molar-refractivity contribution in [2.24, 2.45) is 5.84 Å². The van der Waals surface area contributed by atoms with Crippen molar-refractivity contribution < 1.29 is 9.66 Å². The van der Waals surface area contributed by atoms with Crippen LogP contribution in [0.2, 0.25) is 0 Å². The first-order valence-corrected chi connectivity index (χ1v) is 3.48. The average Bonchev–Trinajstić information content (AvgIpc) is 2.16. The lowest BCUT2D eigenvalue weighted by Gasteiger charge is -2.06. The Morgan fingerprint density at radius 3 is 2.64 bits per heavy atom. The molecule has 7 heteroatoms. The third-order valence-corrected chi connectivity index (χ3v) is 1.55. The Kier molecular flexibility index (Phi) is 4.89. The minimum atomic E-state index is -0.528. The van der Waals surface area contributed by atoms with E-state index in [1.807, 2.05) is 0 Å². The third-order valence-electron chi connectivity index (χ3n) is 1.55. The Morgan fingerprint density at radius 1 is 1.57 bits per heavy atom. The van der Waals surface area contributed by atoms with E-state index in [2.05, 4.69) is 5.43 Å². The number of nitrogens with one attached hydrogen (secondary N) is 1. The van der Waals surface area contributed by atoms with E-state index < -0.39 is 4.92 Å². The minimum Gasteiger partial charge on any atom is -0.489 e. The molecule has 1 aromatic carbocycles. The molecular weight excluding hydrogens is 254 g/mol. The second kappa shape index (κ2) is 5.40. The van der Waals surface area contributed by atoms with E-state index in [1.165, 1.54) is 19.2 Å². The zero-order valence-electron chi connectivity index (χ0n) is 7.39. The molecule has 0 atom stereocenters. The summed E-state index contributed by atoms with van der Waals surface area (Å²) in [5.41, 5.74) is 2.59. The van der Waals surface area contributed by atoms with E-state index in [1.54, 1.807) is 6.07 Å². The number of nitro groups is 1. The van der Waals surface area contributed by atoms with Gasteiger partial charge in [0.05, 0.1) is 17.7 Å². The topological polar surface area (TPSA) is 90.4 Å². The molecule has 0 radical (unpaired) electrons. The lowest BCUT2D eigenvalue weighted by molar-refractivity contribution is -0.385. The van der Waals surface area contributed by atoms with Crippen molar-refractivity contribution >= 4 is 28.4 Å². The smallest absolute Gasteiger partial charge is 0.313 e. The van der Waals surface area contributed by atoms with Crippen LogP contribution < -0.4 is 16.0 Å². The van der Waals surface area contributed by atoms with Crippen LogP contribution in [0.5, 0.6) is 5.75 Å². The molecule has 14 heavy (non-hydrogen) atoms. The van der Waals surface area contributed by atoms with Crippen molar-refractivity contribution in [1.29, 1.82) is 0 Å². The van der Waals surface area contributed by atoms with Gasteiger partial charge in [-0.05, 0) is 6.07 Å². The highest BCUT2D eigenvalue weighted by atomic mass is 79.9. The highest BCUT2D eigenvalue weighted by Gasteiger charge is 2.17. The summed E-state index contributed by atoms with van der Waals surface area (Å²) >= 11 is 0. The molecule has 1 rings (SSSR count). The Balaban J connectivity index is 0.00000169. The zero-order chi connectivity index (χ0) is 9.84. The fourth-order valence-corrected chi connectivity index (χ4v) is 0.997. The maximum absolute atomic E-state index is 10.5. The molecular formula is C7H10BrN3O3.